The number of anilines is 1. The minimum Gasteiger partial charge on any atom is -0.325 e. The number of carbonyl (C=O) groups excluding carboxylic acids is 1. The van der Waals surface area contributed by atoms with Gasteiger partial charge in [0.2, 0.25) is 5.91 Å². The fourth-order valence-electron chi connectivity index (χ4n) is 2.59. The Hall–Kier alpha value is -1.32. The van der Waals surface area contributed by atoms with Crippen LogP contribution in [0.15, 0.2) is 48.5 Å². The maximum Gasteiger partial charge on any atom is 0.238 e. The summed E-state index contributed by atoms with van der Waals surface area (Å²) in [5.74, 6) is 0.139. The van der Waals surface area contributed by atoms with Crippen LogP contribution in [0.1, 0.15) is 23.5 Å². The van der Waals surface area contributed by atoms with Gasteiger partial charge in [0.05, 0.1) is 4.83 Å². The van der Waals surface area contributed by atoms with E-state index in [0.717, 1.165) is 11.3 Å². The lowest BCUT2D eigenvalue weighted by Crippen LogP contribution is -2.21. The normalized spacial score (nSPS) is 21.8. The number of rotatable bonds is 1. The second-order valence-electron chi connectivity index (χ2n) is 4.89. The molecule has 2 nitrogen and oxygen atoms in total. The van der Waals surface area contributed by atoms with Crippen LogP contribution in [-0.2, 0) is 4.79 Å². The van der Waals surface area contributed by atoms with Gasteiger partial charge < -0.3 is 5.32 Å². The van der Waals surface area contributed by atoms with E-state index in [1.54, 1.807) is 6.07 Å². The monoisotopic (exact) mass is 349 g/mol. The Labute approximate surface area is 131 Å². The molecule has 1 aliphatic rings. The van der Waals surface area contributed by atoms with E-state index in [1.807, 2.05) is 30.3 Å². The second kappa shape index (κ2) is 5.58. The number of fused-ring (bicyclic) bond motifs is 1. The average molecular weight is 351 g/mol. The van der Waals surface area contributed by atoms with Crippen LogP contribution in [0.5, 0.6) is 0 Å². The van der Waals surface area contributed by atoms with Crippen LogP contribution >= 0.6 is 27.5 Å². The standard InChI is InChI=1S/C16H13BrClNO/c17-14-9-12(10-4-2-1-3-5-10)13-8-11(18)6-7-15(13)19-16(14)20/h1-8,12,14H,9H2,(H,19,20)/t12-,14-/m1/s1. The molecular formula is C16H13BrClNO. The van der Waals surface area contributed by atoms with Gasteiger partial charge in [0.25, 0.3) is 0 Å². The van der Waals surface area contributed by atoms with E-state index < -0.39 is 0 Å². The first-order valence-corrected chi connectivity index (χ1v) is 7.74. The van der Waals surface area contributed by atoms with Crippen molar-refractivity contribution in [2.24, 2.45) is 0 Å². The molecule has 102 valence electrons. The summed E-state index contributed by atoms with van der Waals surface area (Å²) < 4.78 is 0. The first kappa shape index (κ1) is 13.7. The largest absolute Gasteiger partial charge is 0.325 e. The number of nitrogens with one attached hydrogen (secondary N) is 1. The molecule has 0 aromatic heterocycles. The van der Waals surface area contributed by atoms with Gasteiger partial charge in [-0.05, 0) is 35.7 Å². The van der Waals surface area contributed by atoms with E-state index in [-0.39, 0.29) is 16.7 Å². The van der Waals surface area contributed by atoms with Crippen molar-refractivity contribution >= 4 is 39.1 Å². The number of carbonyl (C=O) groups is 1. The molecule has 20 heavy (non-hydrogen) atoms. The Balaban J connectivity index is 2.13. The van der Waals surface area contributed by atoms with E-state index in [9.17, 15) is 4.79 Å². The molecule has 2 aromatic carbocycles. The van der Waals surface area contributed by atoms with Gasteiger partial charge in [0.1, 0.15) is 0 Å². The Bertz CT molecular complexity index is 644. The van der Waals surface area contributed by atoms with Crippen molar-refractivity contribution in [1.29, 1.82) is 0 Å². The minimum absolute atomic E-state index is 0.00740. The Morgan fingerprint density at radius 3 is 2.65 bits per heavy atom. The van der Waals surface area contributed by atoms with E-state index >= 15 is 0 Å². The maximum atomic E-state index is 12.0. The maximum absolute atomic E-state index is 12.0. The van der Waals surface area contributed by atoms with Crippen molar-refractivity contribution in [2.75, 3.05) is 5.32 Å². The van der Waals surface area contributed by atoms with Gasteiger partial charge in [-0.25, -0.2) is 0 Å². The molecule has 1 aliphatic heterocycles. The van der Waals surface area contributed by atoms with Crippen molar-refractivity contribution in [2.45, 2.75) is 17.2 Å². The van der Waals surface area contributed by atoms with Crippen LogP contribution in [-0.4, -0.2) is 10.7 Å². The fourth-order valence-corrected chi connectivity index (χ4v) is 3.26. The van der Waals surface area contributed by atoms with Gasteiger partial charge in [0.15, 0.2) is 0 Å². The minimum atomic E-state index is -0.209. The highest BCUT2D eigenvalue weighted by Gasteiger charge is 2.29. The molecule has 0 spiro atoms. The fraction of sp³-hybridized carbons (Fsp3) is 0.188. The summed E-state index contributed by atoms with van der Waals surface area (Å²) >= 11 is 9.60. The molecule has 3 rings (SSSR count). The van der Waals surface area contributed by atoms with Crippen LogP contribution in [0.3, 0.4) is 0 Å². The summed E-state index contributed by atoms with van der Waals surface area (Å²) in [6, 6.07) is 15.8. The molecule has 0 radical (unpaired) electrons. The highest BCUT2D eigenvalue weighted by atomic mass is 79.9. The molecule has 0 saturated heterocycles. The number of alkyl halides is 1. The number of halogens is 2. The first-order chi connectivity index (χ1) is 9.65. The topological polar surface area (TPSA) is 29.1 Å². The van der Waals surface area contributed by atoms with Gasteiger partial charge in [-0.3, -0.25) is 4.79 Å². The molecule has 0 unspecified atom stereocenters. The highest BCUT2D eigenvalue weighted by Crippen LogP contribution is 2.39. The quantitative estimate of drug-likeness (QED) is 0.750. The number of hydrogen-bond acceptors (Lipinski definition) is 1. The molecule has 1 amide bonds. The van der Waals surface area contributed by atoms with Gasteiger partial charge in [-0.2, -0.15) is 0 Å². The molecular weight excluding hydrogens is 338 g/mol. The lowest BCUT2D eigenvalue weighted by atomic mass is 9.87. The predicted octanol–water partition coefficient (Wildman–Crippen LogP) is 4.58. The third-order valence-electron chi connectivity index (χ3n) is 3.58. The lowest BCUT2D eigenvalue weighted by Gasteiger charge is -2.18. The van der Waals surface area contributed by atoms with Crippen molar-refractivity contribution < 1.29 is 4.79 Å². The molecule has 0 saturated carbocycles. The molecule has 0 aliphatic carbocycles. The van der Waals surface area contributed by atoms with Crippen molar-refractivity contribution in [1.82, 2.24) is 0 Å². The highest BCUT2D eigenvalue weighted by molar-refractivity contribution is 9.10. The summed E-state index contributed by atoms with van der Waals surface area (Å²) in [4.78, 5) is 11.8. The molecule has 2 aromatic rings. The van der Waals surface area contributed by atoms with Crippen LogP contribution in [0, 0.1) is 0 Å². The van der Waals surface area contributed by atoms with Crippen molar-refractivity contribution in [3.05, 3.63) is 64.7 Å². The van der Waals surface area contributed by atoms with Gasteiger partial charge in [0, 0.05) is 16.6 Å². The molecule has 2 atom stereocenters. The van der Waals surface area contributed by atoms with Gasteiger partial charge in [-0.1, -0.05) is 57.9 Å². The van der Waals surface area contributed by atoms with Gasteiger partial charge >= 0.3 is 0 Å². The van der Waals surface area contributed by atoms with Crippen LogP contribution < -0.4 is 5.32 Å². The van der Waals surface area contributed by atoms with Crippen LogP contribution in [0.4, 0.5) is 5.69 Å². The van der Waals surface area contributed by atoms with Crippen molar-refractivity contribution in [3.8, 4) is 0 Å². The summed E-state index contributed by atoms with van der Waals surface area (Å²) in [5.41, 5.74) is 3.10. The first-order valence-electron chi connectivity index (χ1n) is 6.44. The Kier molecular flexibility index (Phi) is 3.81. The third kappa shape index (κ3) is 2.60. The smallest absolute Gasteiger partial charge is 0.238 e. The van der Waals surface area contributed by atoms with Crippen molar-refractivity contribution in [3.63, 3.8) is 0 Å². The van der Waals surface area contributed by atoms with Gasteiger partial charge in [-0.15, -0.1) is 0 Å². The van der Waals surface area contributed by atoms with Crippen LogP contribution in [0.2, 0.25) is 5.02 Å². The molecule has 4 heteroatoms. The molecule has 0 bridgehead atoms. The van der Waals surface area contributed by atoms with E-state index in [1.165, 1.54) is 5.56 Å². The summed E-state index contributed by atoms with van der Waals surface area (Å²) in [5, 5.41) is 3.64. The molecule has 1 N–H and O–H groups in total. The molecule has 0 fully saturated rings. The third-order valence-corrected chi connectivity index (χ3v) is 4.60. The number of amides is 1. The zero-order valence-corrected chi connectivity index (χ0v) is 13.0. The number of hydrogen-bond donors (Lipinski definition) is 1. The van der Waals surface area contributed by atoms with E-state index in [4.69, 9.17) is 11.6 Å². The summed E-state index contributed by atoms with van der Waals surface area (Å²) in [6.07, 6.45) is 0.711. The SMILES string of the molecule is O=C1Nc2ccc(Cl)cc2[C@@H](c2ccccc2)C[C@H]1Br. The average Bonchev–Trinajstić information content (AvgIpc) is 2.58. The number of benzene rings is 2. The zero-order chi connectivity index (χ0) is 14.1. The summed E-state index contributed by atoms with van der Waals surface area (Å²) in [7, 11) is 0. The van der Waals surface area contributed by atoms with E-state index in [0.29, 0.717) is 11.4 Å². The lowest BCUT2D eigenvalue weighted by molar-refractivity contribution is -0.115. The Morgan fingerprint density at radius 1 is 1.15 bits per heavy atom. The zero-order valence-electron chi connectivity index (χ0n) is 10.6. The second-order valence-corrected chi connectivity index (χ2v) is 6.43. The van der Waals surface area contributed by atoms with Crippen LogP contribution in [0.25, 0.3) is 0 Å². The Morgan fingerprint density at radius 2 is 1.90 bits per heavy atom. The summed E-state index contributed by atoms with van der Waals surface area (Å²) in [6.45, 7) is 0. The molecule has 1 heterocycles. The van der Waals surface area contributed by atoms with E-state index in [2.05, 4.69) is 33.4 Å². The predicted molar refractivity (Wildman–Crippen MR) is 85.7 cm³/mol.